The second-order valence-electron chi connectivity index (χ2n) is 31.8. The van der Waals surface area contributed by atoms with Crippen molar-refractivity contribution < 1.29 is 80.2 Å². The lowest BCUT2D eigenvalue weighted by molar-refractivity contribution is -0.161. The van der Waals surface area contributed by atoms with Gasteiger partial charge in [0.05, 0.1) is 26.4 Å². The zero-order valence-corrected chi connectivity index (χ0v) is 69.0. The van der Waals surface area contributed by atoms with Gasteiger partial charge in [-0.2, -0.15) is 0 Å². The van der Waals surface area contributed by atoms with Crippen molar-refractivity contribution in [3.05, 3.63) is 0 Å². The fourth-order valence-electron chi connectivity index (χ4n) is 12.8. The van der Waals surface area contributed by atoms with Crippen LogP contribution in [0.2, 0.25) is 0 Å². The van der Waals surface area contributed by atoms with Crippen LogP contribution < -0.4 is 0 Å². The molecule has 0 saturated heterocycles. The molecule has 0 aromatic carbocycles. The zero-order valence-electron chi connectivity index (χ0n) is 67.2. The molecule has 102 heavy (non-hydrogen) atoms. The molecule has 0 heterocycles. The highest BCUT2D eigenvalue weighted by Gasteiger charge is 2.30. The van der Waals surface area contributed by atoms with Crippen molar-refractivity contribution >= 4 is 39.5 Å². The van der Waals surface area contributed by atoms with Gasteiger partial charge in [0, 0.05) is 25.7 Å². The third kappa shape index (κ3) is 76.3. The minimum absolute atomic E-state index is 0.106. The van der Waals surface area contributed by atoms with E-state index in [1.54, 1.807) is 0 Å². The Balaban J connectivity index is 5.24. The molecule has 0 saturated carbocycles. The number of ether oxygens (including phenoxy) is 4. The van der Waals surface area contributed by atoms with Gasteiger partial charge in [-0.3, -0.25) is 37.3 Å². The lowest BCUT2D eigenvalue weighted by atomic mass is 10.0. The number of phosphoric acid groups is 2. The van der Waals surface area contributed by atoms with Crippen LogP contribution in [0.4, 0.5) is 0 Å². The van der Waals surface area contributed by atoms with Crippen LogP contribution in [0, 0.1) is 23.7 Å². The fourth-order valence-corrected chi connectivity index (χ4v) is 14.4. The lowest BCUT2D eigenvalue weighted by Gasteiger charge is -2.21. The summed E-state index contributed by atoms with van der Waals surface area (Å²) >= 11 is 0. The summed E-state index contributed by atoms with van der Waals surface area (Å²) in [5.41, 5.74) is 0. The van der Waals surface area contributed by atoms with Crippen molar-refractivity contribution in [2.24, 2.45) is 23.7 Å². The summed E-state index contributed by atoms with van der Waals surface area (Å²) in [5, 5.41) is 10.7. The summed E-state index contributed by atoms with van der Waals surface area (Å²) in [6.45, 7) is 14.3. The van der Waals surface area contributed by atoms with E-state index in [4.69, 9.17) is 37.0 Å². The van der Waals surface area contributed by atoms with Gasteiger partial charge in [0.2, 0.25) is 0 Å². The molecule has 0 aliphatic heterocycles. The number of aliphatic hydroxyl groups excluding tert-OH is 1. The van der Waals surface area contributed by atoms with Gasteiger partial charge in [0.15, 0.2) is 12.2 Å². The normalized spacial score (nSPS) is 14.0. The SMILES string of the molecule is CC(C)CCCCCCCCCCCCCCCCCCC(=O)O[C@H](COC(=O)CCCCCCCCCCCCCCCC(C)C)COP(=O)(O)OCC(O)COP(=O)(O)OC[C@@H](COC(=O)CCCCCCCCCC(C)C)OC(=O)CCCCCCCCCCCCCCCCC(C)C. The van der Waals surface area contributed by atoms with Crippen LogP contribution in [0.15, 0.2) is 0 Å². The molecule has 0 spiro atoms. The van der Waals surface area contributed by atoms with E-state index in [0.29, 0.717) is 31.6 Å². The molecule has 0 aromatic heterocycles. The molecule has 0 bridgehead atoms. The van der Waals surface area contributed by atoms with Crippen LogP contribution in [0.1, 0.15) is 428 Å². The number of phosphoric ester groups is 2. The van der Waals surface area contributed by atoms with Gasteiger partial charge in [-0.05, 0) is 49.4 Å². The minimum atomic E-state index is -4.96. The van der Waals surface area contributed by atoms with Crippen molar-refractivity contribution in [2.45, 2.75) is 446 Å². The number of carbonyl (C=O) groups excluding carboxylic acids is 4. The molecule has 5 atom stereocenters. The first kappa shape index (κ1) is 100. The Morgan fingerprint density at radius 3 is 0.608 bits per heavy atom. The van der Waals surface area contributed by atoms with Gasteiger partial charge in [-0.25, -0.2) is 9.13 Å². The first-order chi connectivity index (χ1) is 49.1. The van der Waals surface area contributed by atoms with E-state index >= 15 is 0 Å². The molecule has 0 radical (unpaired) electrons. The van der Waals surface area contributed by atoms with Crippen molar-refractivity contribution in [2.75, 3.05) is 39.6 Å². The number of hydrogen-bond acceptors (Lipinski definition) is 15. The second-order valence-corrected chi connectivity index (χ2v) is 34.7. The monoisotopic (exact) mass is 1490 g/mol. The molecular weight excluding hydrogens is 1330 g/mol. The minimum Gasteiger partial charge on any atom is -0.462 e. The molecule has 0 aliphatic rings. The van der Waals surface area contributed by atoms with E-state index in [1.165, 1.54) is 225 Å². The molecule has 0 aliphatic carbocycles. The number of carbonyl (C=O) groups is 4. The Morgan fingerprint density at radius 1 is 0.245 bits per heavy atom. The number of esters is 4. The molecule has 0 amide bonds. The predicted octanol–water partition coefficient (Wildman–Crippen LogP) is 24.8. The lowest BCUT2D eigenvalue weighted by Crippen LogP contribution is -2.30. The summed E-state index contributed by atoms with van der Waals surface area (Å²) in [4.78, 5) is 73.1. The van der Waals surface area contributed by atoms with E-state index in [1.807, 2.05) is 0 Å². The Morgan fingerprint density at radius 2 is 0.412 bits per heavy atom. The van der Waals surface area contributed by atoms with E-state index in [2.05, 4.69) is 55.4 Å². The summed E-state index contributed by atoms with van der Waals surface area (Å²) in [6.07, 6.45) is 59.7. The molecule has 0 rings (SSSR count). The highest BCUT2D eigenvalue weighted by Crippen LogP contribution is 2.45. The first-order valence-electron chi connectivity index (χ1n) is 42.7. The maximum atomic E-state index is 13.1. The maximum absolute atomic E-state index is 13.1. The van der Waals surface area contributed by atoms with Crippen LogP contribution in [0.3, 0.4) is 0 Å². The highest BCUT2D eigenvalue weighted by molar-refractivity contribution is 7.47. The average molecular weight is 1490 g/mol. The molecule has 0 fully saturated rings. The third-order valence-electron chi connectivity index (χ3n) is 19.3. The summed E-state index contributed by atoms with van der Waals surface area (Å²) in [6, 6.07) is 0. The molecule has 606 valence electrons. The first-order valence-corrected chi connectivity index (χ1v) is 45.7. The number of aliphatic hydroxyl groups is 1. The van der Waals surface area contributed by atoms with Gasteiger partial charge < -0.3 is 33.8 Å². The van der Waals surface area contributed by atoms with Crippen molar-refractivity contribution in [3.63, 3.8) is 0 Å². The van der Waals surface area contributed by atoms with Crippen molar-refractivity contribution in [1.82, 2.24) is 0 Å². The van der Waals surface area contributed by atoms with Gasteiger partial charge in [-0.1, -0.05) is 376 Å². The van der Waals surface area contributed by atoms with E-state index < -0.39 is 97.5 Å². The average Bonchev–Trinajstić information content (AvgIpc) is 0.910. The highest BCUT2D eigenvalue weighted by atomic mass is 31.2. The summed E-state index contributed by atoms with van der Waals surface area (Å²) in [7, 11) is -9.93. The Hall–Kier alpha value is -1.94. The number of hydrogen-bond donors (Lipinski definition) is 3. The van der Waals surface area contributed by atoms with Gasteiger partial charge >= 0.3 is 39.5 Å². The maximum Gasteiger partial charge on any atom is 0.472 e. The molecule has 3 unspecified atom stereocenters. The molecule has 17 nitrogen and oxygen atoms in total. The van der Waals surface area contributed by atoms with Crippen LogP contribution in [-0.4, -0.2) is 96.7 Å². The van der Waals surface area contributed by atoms with Crippen LogP contribution in [0.5, 0.6) is 0 Å². The number of rotatable bonds is 80. The predicted molar refractivity (Wildman–Crippen MR) is 418 cm³/mol. The number of unbranched alkanes of at least 4 members (excludes halogenated alkanes) is 46. The van der Waals surface area contributed by atoms with Crippen molar-refractivity contribution in [3.8, 4) is 0 Å². The summed E-state index contributed by atoms with van der Waals surface area (Å²) < 4.78 is 68.8. The Bertz CT molecular complexity index is 1990. The molecule has 3 N–H and O–H groups in total. The topological polar surface area (TPSA) is 237 Å². The smallest absolute Gasteiger partial charge is 0.462 e. The van der Waals surface area contributed by atoms with Crippen LogP contribution >= 0.6 is 15.6 Å². The quantitative estimate of drug-likeness (QED) is 0.0222. The van der Waals surface area contributed by atoms with Crippen LogP contribution in [-0.2, 0) is 65.4 Å². The van der Waals surface area contributed by atoms with Gasteiger partial charge in [0.1, 0.15) is 19.3 Å². The fraction of sp³-hybridized carbons (Fsp3) is 0.952. The van der Waals surface area contributed by atoms with Crippen LogP contribution in [0.25, 0.3) is 0 Å². The second kappa shape index (κ2) is 72.0. The molecule has 0 aromatic rings. The van der Waals surface area contributed by atoms with E-state index in [0.717, 1.165) is 114 Å². The standard InChI is InChI=1S/C83H162O17P2/c1-73(2)59-51-43-35-28-22-16-11-9-10-12-19-26-32-40-49-57-65-82(87)99-78(69-93-80(85)63-55-47-39-31-25-21-15-18-24-30-37-45-53-61-75(5)6)71-97-101(89,90)95-67-77(84)68-96-102(91,92)98-72-79(70-94-81(86)64-56-48-42-34-38-46-54-62-76(7)8)100-83(88)66-58-50-41-33-27-20-14-13-17-23-29-36-44-52-60-74(3)4/h73-79,84H,9-72H2,1-8H3,(H,89,90)(H,91,92)/t77?,78-,79-/m1/s1. The molecule has 19 heteroatoms. The summed E-state index contributed by atoms with van der Waals surface area (Å²) in [5.74, 6) is 0.989. The Labute approximate surface area is 626 Å². The molecular formula is C83H162O17P2. The largest absolute Gasteiger partial charge is 0.472 e. The third-order valence-corrected chi connectivity index (χ3v) is 21.2. The zero-order chi connectivity index (χ0) is 75.3. The van der Waals surface area contributed by atoms with Crippen molar-refractivity contribution in [1.29, 1.82) is 0 Å². The van der Waals surface area contributed by atoms with Gasteiger partial charge in [-0.15, -0.1) is 0 Å². The van der Waals surface area contributed by atoms with Gasteiger partial charge in [0.25, 0.3) is 0 Å². The Kier molecular flexibility index (Phi) is 70.6. The van der Waals surface area contributed by atoms with E-state index in [-0.39, 0.29) is 25.7 Å². The van der Waals surface area contributed by atoms with E-state index in [9.17, 15) is 43.2 Å².